The van der Waals surface area contributed by atoms with Crippen molar-refractivity contribution in [3.05, 3.63) is 112 Å². The summed E-state index contributed by atoms with van der Waals surface area (Å²) in [4.78, 5) is 18.9. The van der Waals surface area contributed by atoms with E-state index in [0.717, 1.165) is 27.4 Å². The van der Waals surface area contributed by atoms with Gasteiger partial charge >= 0.3 is 0 Å². The van der Waals surface area contributed by atoms with Crippen LogP contribution in [-0.2, 0) is 37.5 Å². The average molecular weight is 635 g/mol. The van der Waals surface area contributed by atoms with Crippen LogP contribution >= 0.6 is 11.3 Å². The molecule has 3 aromatic carbocycles. The molecule has 0 aliphatic rings. The second-order valence-corrected chi connectivity index (χ2v) is 14.1. The Bertz CT molecular complexity index is 2610. The zero-order valence-electron chi connectivity index (χ0n) is 24.5. The summed E-state index contributed by atoms with van der Waals surface area (Å²) in [5, 5.41) is 14.9. The molecule has 0 bridgehead atoms. The van der Waals surface area contributed by atoms with Crippen molar-refractivity contribution in [1.82, 2.24) is 38.9 Å². The maximum absolute atomic E-state index is 14.4. The molecule has 0 N–H and O–H groups in total. The van der Waals surface area contributed by atoms with Gasteiger partial charge in [-0.25, -0.2) is 18.1 Å². The van der Waals surface area contributed by atoms with E-state index in [1.807, 2.05) is 50.5 Å². The minimum Gasteiger partial charge on any atom is -0.323 e. The number of rotatable bonds is 6. The van der Waals surface area contributed by atoms with Crippen LogP contribution in [0.4, 0.5) is 0 Å². The minimum absolute atomic E-state index is 0.202. The van der Waals surface area contributed by atoms with E-state index in [9.17, 15) is 13.2 Å². The molecule has 0 radical (unpaired) electrons. The molecule has 0 aliphatic heterocycles. The van der Waals surface area contributed by atoms with Crippen molar-refractivity contribution < 1.29 is 8.42 Å². The fraction of sp³-hybridized carbons (Fsp3) is 0.156. The third-order valence-corrected chi connectivity index (χ3v) is 11.8. The first-order chi connectivity index (χ1) is 21.7. The van der Waals surface area contributed by atoms with E-state index in [1.54, 1.807) is 69.9 Å². The van der Waals surface area contributed by atoms with Crippen LogP contribution in [0, 0.1) is 0 Å². The number of benzene rings is 3. The molecule has 8 rings (SSSR count). The third kappa shape index (κ3) is 4.07. The monoisotopic (exact) mass is 634 g/mol. The lowest BCUT2D eigenvalue weighted by Crippen LogP contribution is -2.24. The summed E-state index contributed by atoms with van der Waals surface area (Å²) < 4.78 is 36.1. The Morgan fingerprint density at radius 2 is 1.44 bits per heavy atom. The Morgan fingerprint density at radius 3 is 2.20 bits per heavy atom. The maximum Gasteiger partial charge on any atom is 0.291 e. The maximum atomic E-state index is 14.4. The molecule has 0 aliphatic carbocycles. The number of aromatic nitrogens is 8. The van der Waals surface area contributed by atoms with Gasteiger partial charge < -0.3 is 4.57 Å². The smallest absolute Gasteiger partial charge is 0.291 e. The zero-order valence-corrected chi connectivity index (χ0v) is 26.1. The van der Waals surface area contributed by atoms with E-state index in [-0.39, 0.29) is 17.0 Å². The van der Waals surface area contributed by atoms with Crippen molar-refractivity contribution in [3.8, 4) is 0 Å². The highest BCUT2D eigenvalue weighted by Gasteiger charge is 2.36. The first-order valence-corrected chi connectivity index (χ1v) is 16.5. The van der Waals surface area contributed by atoms with Gasteiger partial charge in [-0.15, -0.1) is 11.3 Å². The molecule has 1 unspecified atom stereocenters. The number of fused-ring (bicyclic) bond motifs is 5. The molecule has 5 heterocycles. The Balaban J connectivity index is 1.30. The molecule has 13 heteroatoms. The molecule has 8 aromatic rings. The minimum atomic E-state index is -3.93. The average Bonchev–Trinajstić information content (AvgIpc) is 3.80. The molecule has 0 amide bonds. The summed E-state index contributed by atoms with van der Waals surface area (Å²) in [5.74, 6) is 0. The highest BCUT2D eigenvalue weighted by atomic mass is 32.2. The van der Waals surface area contributed by atoms with Crippen LogP contribution in [0.3, 0.4) is 0 Å². The van der Waals surface area contributed by atoms with Gasteiger partial charge in [0.1, 0.15) is 15.8 Å². The Kier molecular flexibility index (Phi) is 6.05. The van der Waals surface area contributed by atoms with Crippen LogP contribution in [0.15, 0.2) is 95.0 Å². The molecule has 0 saturated heterocycles. The first kappa shape index (κ1) is 27.4. The van der Waals surface area contributed by atoms with Crippen molar-refractivity contribution in [1.29, 1.82) is 0 Å². The summed E-state index contributed by atoms with van der Waals surface area (Å²) in [6, 6.07) is 19.9. The standard InChI is InChI=1S/C32H26N8O3S2/c1-37-27-24(17-35-40(32(27)41)18-19-9-7-13-25-22(19)15-33-38(25)2)28-30(37)36-31(44-28)29(45(42,43)20-10-5-4-6-11-20)21-12-8-14-26-23(21)16-34-39(26)3/h4-17,29H,18H2,1-3H3. The van der Waals surface area contributed by atoms with E-state index >= 15 is 0 Å². The largest absolute Gasteiger partial charge is 0.323 e. The van der Waals surface area contributed by atoms with Gasteiger partial charge in [-0.1, -0.05) is 42.5 Å². The van der Waals surface area contributed by atoms with Crippen molar-refractivity contribution in [3.63, 3.8) is 0 Å². The SMILES string of the molecule is Cn1ncc2c(Cn3ncc4c5sc(C(c6cccc7c6cnn7C)S(=O)(=O)c6ccccc6)nc5n(C)c4c3=O)cccc21. The van der Waals surface area contributed by atoms with Gasteiger partial charge in [0.15, 0.2) is 15.5 Å². The third-order valence-electron chi connectivity index (χ3n) is 8.46. The summed E-state index contributed by atoms with van der Waals surface area (Å²) in [6.45, 7) is 0.280. The Morgan fingerprint density at radius 1 is 0.778 bits per heavy atom. The Labute approximate surface area is 260 Å². The highest BCUT2D eigenvalue weighted by molar-refractivity contribution is 7.92. The number of nitrogens with zero attached hydrogens (tertiary/aromatic N) is 8. The van der Waals surface area contributed by atoms with Gasteiger partial charge in [-0.05, 0) is 35.4 Å². The molecule has 0 saturated carbocycles. The number of hydrogen-bond acceptors (Lipinski definition) is 8. The molecular formula is C32H26N8O3S2. The van der Waals surface area contributed by atoms with E-state index in [2.05, 4.69) is 15.3 Å². The number of hydrogen-bond donors (Lipinski definition) is 0. The summed E-state index contributed by atoms with van der Waals surface area (Å²) in [5.41, 5.74) is 4.06. The topological polar surface area (TPSA) is 122 Å². The fourth-order valence-electron chi connectivity index (χ4n) is 6.17. The molecular weight excluding hydrogens is 609 g/mol. The molecule has 224 valence electrons. The van der Waals surface area contributed by atoms with Crippen molar-refractivity contribution >= 4 is 64.2 Å². The number of thiazole rings is 1. The predicted molar refractivity (Wildman–Crippen MR) is 174 cm³/mol. The lowest BCUT2D eigenvalue weighted by atomic mass is 10.1. The van der Waals surface area contributed by atoms with E-state index in [1.165, 1.54) is 16.0 Å². The van der Waals surface area contributed by atoms with Crippen LogP contribution in [-0.4, -0.2) is 47.3 Å². The van der Waals surface area contributed by atoms with Gasteiger partial charge in [0.05, 0.1) is 45.8 Å². The van der Waals surface area contributed by atoms with Gasteiger partial charge in [-0.2, -0.15) is 15.3 Å². The van der Waals surface area contributed by atoms with Crippen LogP contribution in [0.25, 0.3) is 43.1 Å². The normalized spacial score (nSPS) is 13.0. The molecule has 0 fully saturated rings. The van der Waals surface area contributed by atoms with Gasteiger partial charge in [-0.3, -0.25) is 14.2 Å². The molecule has 5 aromatic heterocycles. The lowest BCUT2D eigenvalue weighted by Gasteiger charge is -2.17. The van der Waals surface area contributed by atoms with E-state index in [0.29, 0.717) is 31.8 Å². The zero-order chi connectivity index (χ0) is 31.0. The molecule has 11 nitrogen and oxygen atoms in total. The molecule has 1 atom stereocenters. The van der Waals surface area contributed by atoms with Crippen LogP contribution in [0.2, 0.25) is 0 Å². The molecule has 45 heavy (non-hydrogen) atoms. The lowest BCUT2D eigenvalue weighted by molar-refractivity contribution is 0.589. The van der Waals surface area contributed by atoms with Crippen LogP contribution < -0.4 is 5.56 Å². The summed E-state index contributed by atoms with van der Waals surface area (Å²) in [6.07, 6.45) is 5.16. The summed E-state index contributed by atoms with van der Waals surface area (Å²) >= 11 is 1.27. The van der Waals surface area contributed by atoms with E-state index < -0.39 is 15.1 Å². The number of aryl methyl sites for hydroxylation is 3. The van der Waals surface area contributed by atoms with Gasteiger partial charge in [0.25, 0.3) is 5.56 Å². The van der Waals surface area contributed by atoms with Gasteiger partial charge in [0, 0.05) is 37.3 Å². The van der Waals surface area contributed by atoms with Crippen molar-refractivity contribution in [2.75, 3.05) is 0 Å². The van der Waals surface area contributed by atoms with E-state index in [4.69, 9.17) is 4.98 Å². The molecule has 0 spiro atoms. The van der Waals surface area contributed by atoms with Crippen LogP contribution in [0.5, 0.6) is 0 Å². The predicted octanol–water partition coefficient (Wildman–Crippen LogP) is 4.73. The first-order valence-electron chi connectivity index (χ1n) is 14.2. The Hall–Kier alpha value is -5.14. The highest BCUT2D eigenvalue weighted by Crippen LogP contribution is 2.43. The van der Waals surface area contributed by atoms with Gasteiger partial charge in [0.2, 0.25) is 0 Å². The second-order valence-electron chi connectivity index (χ2n) is 11.0. The van der Waals surface area contributed by atoms with Crippen LogP contribution in [0.1, 0.15) is 21.4 Å². The summed E-state index contributed by atoms with van der Waals surface area (Å²) in [7, 11) is 1.56. The fourth-order valence-corrected chi connectivity index (χ4v) is 9.47. The second kappa shape index (κ2) is 9.94. The number of sulfone groups is 1. The van der Waals surface area contributed by atoms with Crippen molar-refractivity contribution in [2.45, 2.75) is 16.7 Å². The quantitative estimate of drug-likeness (QED) is 0.259. The van der Waals surface area contributed by atoms with Crippen molar-refractivity contribution in [2.24, 2.45) is 21.1 Å².